The topological polar surface area (TPSA) is 75.5 Å². The molecule has 0 fully saturated rings. The number of imidazole rings is 1. The maximum atomic E-state index is 12.1. The molecular weight excluding hydrogens is 280 g/mol. The van der Waals surface area contributed by atoms with Crippen molar-refractivity contribution in [2.75, 3.05) is 26.9 Å². The summed E-state index contributed by atoms with van der Waals surface area (Å²) in [4.78, 5) is 19.5. The van der Waals surface area contributed by atoms with E-state index in [4.69, 9.17) is 0 Å². The van der Waals surface area contributed by atoms with E-state index in [1.165, 1.54) is 11.2 Å². The van der Waals surface area contributed by atoms with Crippen LogP contribution in [0.3, 0.4) is 0 Å². The molecule has 0 aromatic carbocycles. The van der Waals surface area contributed by atoms with Crippen molar-refractivity contribution >= 4 is 15.9 Å². The molecule has 0 saturated heterocycles. The first-order chi connectivity index (χ1) is 9.28. The van der Waals surface area contributed by atoms with Gasteiger partial charge in [-0.1, -0.05) is 0 Å². The molecular formula is C12H20N4O3S. The van der Waals surface area contributed by atoms with Crippen LogP contribution in [0.25, 0.3) is 0 Å². The van der Waals surface area contributed by atoms with E-state index in [0.717, 1.165) is 18.7 Å². The Kier molecular flexibility index (Phi) is 4.03. The van der Waals surface area contributed by atoms with Crippen molar-refractivity contribution < 1.29 is 13.2 Å². The lowest BCUT2D eigenvalue weighted by Crippen LogP contribution is -2.39. The molecule has 0 bridgehead atoms. The molecule has 1 aliphatic rings. The van der Waals surface area contributed by atoms with Crippen LogP contribution in [0.15, 0.2) is 6.33 Å². The first kappa shape index (κ1) is 14.8. The van der Waals surface area contributed by atoms with E-state index in [1.807, 2.05) is 4.57 Å². The summed E-state index contributed by atoms with van der Waals surface area (Å²) in [5.74, 6) is -0.0840. The first-order valence-electron chi connectivity index (χ1n) is 6.45. The minimum atomic E-state index is -3.14. The maximum absolute atomic E-state index is 12.1. The molecule has 0 saturated carbocycles. The molecule has 20 heavy (non-hydrogen) atoms. The fraction of sp³-hybridized carbons (Fsp3) is 0.667. The summed E-state index contributed by atoms with van der Waals surface area (Å²) in [6.07, 6.45) is 3.69. The van der Waals surface area contributed by atoms with Crippen LogP contribution in [0.2, 0.25) is 0 Å². The van der Waals surface area contributed by atoms with Gasteiger partial charge < -0.3 is 14.4 Å². The Morgan fingerprint density at radius 2 is 2.10 bits per heavy atom. The van der Waals surface area contributed by atoms with Gasteiger partial charge in [0.25, 0.3) is 0 Å². The van der Waals surface area contributed by atoms with Gasteiger partial charge in [0, 0.05) is 33.4 Å². The molecule has 0 N–H and O–H groups in total. The Morgan fingerprint density at radius 1 is 1.40 bits per heavy atom. The normalized spacial score (nSPS) is 15.7. The summed E-state index contributed by atoms with van der Waals surface area (Å²) >= 11 is 0. The van der Waals surface area contributed by atoms with Crippen molar-refractivity contribution in [3.8, 4) is 0 Å². The van der Waals surface area contributed by atoms with Crippen LogP contribution in [-0.4, -0.2) is 60.7 Å². The second kappa shape index (κ2) is 5.43. The molecule has 0 radical (unpaired) electrons. The summed E-state index contributed by atoms with van der Waals surface area (Å²) in [5, 5.41) is 0. The first-order valence-corrected chi connectivity index (χ1v) is 8.51. The van der Waals surface area contributed by atoms with Crippen molar-refractivity contribution in [2.45, 2.75) is 25.3 Å². The van der Waals surface area contributed by atoms with Crippen molar-refractivity contribution in [2.24, 2.45) is 0 Å². The number of amides is 2. The predicted molar refractivity (Wildman–Crippen MR) is 74.9 cm³/mol. The molecule has 0 spiro atoms. The zero-order valence-corrected chi connectivity index (χ0v) is 12.9. The van der Waals surface area contributed by atoms with E-state index in [1.54, 1.807) is 25.3 Å². The number of carbonyl (C=O) groups excluding carboxylic acids is 1. The highest BCUT2D eigenvalue weighted by molar-refractivity contribution is 7.89. The van der Waals surface area contributed by atoms with Crippen molar-refractivity contribution in [1.82, 2.24) is 19.4 Å². The number of urea groups is 1. The van der Waals surface area contributed by atoms with Gasteiger partial charge in [0.15, 0.2) is 9.84 Å². The second-order valence-corrected chi connectivity index (χ2v) is 7.49. The fourth-order valence-electron chi connectivity index (χ4n) is 2.33. The third kappa shape index (κ3) is 3.30. The molecule has 0 unspecified atom stereocenters. The number of aryl methyl sites for hydroxylation is 1. The summed E-state index contributed by atoms with van der Waals surface area (Å²) in [7, 11) is 0.284. The Morgan fingerprint density at radius 3 is 2.70 bits per heavy atom. The SMILES string of the molecule is CN(C)C(=O)N1CCCn2cnc(CS(C)(=O)=O)c2C1. The van der Waals surface area contributed by atoms with Crippen LogP contribution in [-0.2, 0) is 28.7 Å². The number of hydrogen-bond donors (Lipinski definition) is 0. The van der Waals surface area contributed by atoms with Gasteiger partial charge in [0.2, 0.25) is 0 Å². The van der Waals surface area contributed by atoms with E-state index in [9.17, 15) is 13.2 Å². The molecule has 7 nitrogen and oxygen atoms in total. The van der Waals surface area contributed by atoms with E-state index in [-0.39, 0.29) is 11.8 Å². The third-order valence-corrected chi connectivity index (χ3v) is 4.05. The molecule has 1 aliphatic heterocycles. The minimum absolute atomic E-state index is 0.0649. The largest absolute Gasteiger partial charge is 0.333 e. The lowest BCUT2D eigenvalue weighted by atomic mass is 10.3. The van der Waals surface area contributed by atoms with Crippen molar-refractivity contribution in [3.05, 3.63) is 17.7 Å². The molecule has 2 amide bonds. The van der Waals surface area contributed by atoms with Gasteiger partial charge in [-0.25, -0.2) is 18.2 Å². The standard InChI is InChI=1S/C12H20N4O3S/c1-14(2)12(17)15-5-4-6-16-9-13-10(11(16)7-15)8-20(3,18)19/h9H,4-8H2,1-3H3. The smallest absolute Gasteiger partial charge is 0.319 e. The van der Waals surface area contributed by atoms with E-state index in [0.29, 0.717) is 18.8 Å². The Hall–Kier alpha value is -1.57. The van der Waals surface area contributed by atoms with Gasteiger partial charge >= 0.3 is 6.03 Å². The minimum Gasteiger partial charge on any atom is -0.333 e. The molecule has 2 rings (SSSR count). The average molecular weight is 300 g/mol. The molecule has 8 heteroatoms. The molecule has 1 aromatic rings. The Labute approximate surface area is 119 Å². The van der Waals surface area contributed by atoms with Crippen LogP contribution in [0, 0.1) is 0 Å². The van der Waals surface area contributed by atoms with Gasteiger partial charge in [-0.15, -0.1) is 0 Å². The monoisotopic (exact) mass is 300 g/mol. The van der Waals surface area contributed by atoms with Crippen LogP contribution in [0.1, 0.15) is 17.8 Å². The second-order valence-electron chi connectivity index (χ2n) is 5.35. The van der Waals surface area contributed by atoms with Crippen molar-refractivity contribution in [3.63, 3.8) is 0 Å². The molecule has 2 heterocycles. The van der Waals surface area contributed by atoms with E-state index >= 15 is 0 Å². The number of sulfone groups is 1. The highest BCUT2D eigenvalue weighted by Crippen LogP contribution is 2.18. The van der Waals surface area contributed by atoms with Gasteiger partial charge in [0.1, 0.15) is 0 Å². The summed E-state index contributed by atoms with van der Waals surface area (Å²) in [5.41, 5.74) is 1.37. The number of rotatable bonds is 2. The zero-order valence-electron chi connectivity index (χ0n) is 12.0. The van der Waals surface area contributed by atoms with Crippen LogP contribution in [0.4, 0.5) is 4.79 Å². The molecule has 112 valence electrons. The van der Waals surface area contributed by atoms with Gasteiger partial charge in [0.05, 0.1) is 30.0 Å². The lowest BCUT2D eigenvalue weighted by Gasteiger charge is -2.24. The molecule has 1 aromatic heterocycles. The number of aromatic nitrogens is 2. The number of nitrogens with zero attached hydrogens (tertiary/aromatic N) is 4. The highest BCUT2D eigenvalue weighted by atomic mass is 32.2. The van der Waals surface area contributed by atoms with Crippen LogP contribution >= 0.6 is 0 Å². The van der Waals surface area contributed by atoms with Crippen molar-refractivity contribution in [1.29, 1.82) is 0 Å². The Bertz CT molecular complexity index is 606. The van der Waals surface area contributed by atoms with E-state index < -0.39 is 9.84 Å². The summed E-state index contributed by atoms with van der Waals surface area (Å²) in [6, 6.07) is -0.0649. The third-order valence-electron chi connectivity index (χ3n) is 3.25. The number of fused-ring (bicyclic) bond motifs is 1. The quantitative estimate of drug-likeness (QED) is 0.788. The van der Waals surface area contributed by atoms with E-state index in [2.05, 4.69) is 4.98 Å². The summed E-state index contributed by atoms with van der Waals surface area (Å²) in [6.45, 7) is 1.82. The average Bonchev–Trinajstić information content (AvgIpc) is 2.58. The van der Waals surface area contributed by atoms with Gasteiger partial charge in [-0.2, -0.15) is 0 Å². The van der Waals surface area contributed by atoms with Gasteiger partial charge in [-0.3, -0.25) is 0 Å². The predicted octanol–water partition coefficient (Wildman–Crippen LogP) is 0.315. The fourth-order valence-corrected chi connectivity index (χ4v) is 3.07. The van der Waals surface area contributed by atoms with Crippen LogP contribution in [0.5, 0.6) is 0 Å². The number of hydrogen-bond acceptors (Lipinski definition) is 4. The maximum Gasteiger partial charge on any atom is 0.319 e. The summed E-state index contributed by atoms with van der Waals surface area (Å²) < 4.78 is 24.9. The number of carbonyl (C=O) groups is 1. The van der Waals surface area contributed by atoms with Gasteiger partial charge in [-0.05, 0) is 6.42 Å². The zero-order chi connectivity index (χ0) is 14.9. The lowest BCUT2D eigenvalue weighted by molar-refractivity contribution is 0.169. The highest BCUT2D eigenvalue weighted by Gasteiger charge is 2.24. The molecule has 0 aliphatic carbocycles. The molecule has 0 atom stereocenters. The Balaban J connectivity index is 2.28. The van der Waals surface area contributed by atoms with Crippen LogP contribution < -0.4 is 0 Å².